The Balaban J connectivity index is 3.24. The summed E-state index contributed by atoms with van der Waals surface area (Å²) in [6, 6.07) is 5.28. The molecule has 0 heterocycles. The van der Waals surface area contributed by atoms with Gasteiger partial charge in [-0.2, -0.15) is 13.2 Å². The van der Waals surface area contributed by atoms with Gasteiger partial charge >= 0.3 is 6.18 Å². The van der Waals surface area contributed by atoms with Crippen LogP contribution in [-0.2, 0) is 6.18 Å². The fraction of sp³-hybridized carbons (Fsp3) is 0.300. The number of alkyl halides is 3. The van der Waals surface area contributed by atoms with Gasteiger partial charge in [-0.15, -0.1) is 0 Å². The van der Waals surface area contributed by atoms with E-state index in [0.717, 1.165) is 6.07 Å². The first-order valence-corrected chi connectivity index (χ1v) is 4.09. The molecule has 0 atom stereocenters. The highest BCUT2D eigenvalue weighted by Crippen LogP contribution is 2.35. The molecule has 0 N–H and O–H groups in total. The Morgan fingerprint density at radius 1 is 1.14 bits per heavy atom. The molecule has 0 unspecified atom stereocenters. The second-order valence-electron chi connectivity index (χ2n) is 3.07. The molecule has 0 saturated heterocycles. The molecular formula is C10H10F3N. The average molecular weight is 201 g/mol. The lowest BCUT2D eigenvalue weighted by atomic mass is 10.2. The van der Waals surface area contributed by atoms with Crippen LogP contribution in [0.3, 0.4) is 0 Å². The first kappa shape index (κ1) is 10.8. The van der Waals surface area contributed by atoms with Crippen molar-refractivity contribution in [1.82, 2.24) is 0 Å². The van der Waals surface area contributed by atoms with Gasteiger partial charge in [0, 0.05) is 5.71 Å². The fourth-order valence-corrected chi connectivity index (χ4v) is 1.05. The van der Waals surface area contributed by atoms with Gasteiger partial charge < -0.3 is 0 Å². The summed E-state index contributed by atoms with van der Waals surface area (Å²) in [6.07, 6.45) is -4.34. The average Bonchev–Trinajstić information content (AvgIpc) is 2.01. The van der Waals surface area contributed by atoms with Crippen LogP contribution >= 0.6 is 0 Å². The van der Waals surface area contributed by atoms with E-state index in [-0.39, 0.29) is 5.69 Å². The topological polar surface area (TPSA) is 12.4 Å². The largest absolute Gasteiger partial charge is 0.418 e. The number of halogens is 3. The second-order valence-corrected chi connectivity index (χ2v) is 3.07. The smallest absolute Gasteiger partial charge is 0.258 e. The maximum Gasteiger partial charge on any atom is 0.418 e. The molecule has 0 bridgehead atoms. The summed E-state index contributed by atoms with van der Waals surface area (Å²) >= 11 is 0. The Kier molecular flexibility index (Phi) is 2.93. The van der Waals surface area contributed by atoms with Crippen LogP contribution in [0, 0.1) is 0 Å². The summed E-state index contributed by atoms with van der Waals surface area (Å²) < 4.78 is 37.3. The number of nitrogens with zero attached hydrogens (tertiary/aromatic N) is 1. The van der Waals surface area contributed by atoms with Gasteiger partial charge in [0.05, 0.1) is 11.3 Å². The van der Waals surface area contributed by atoms with E-state index in [1.807, 2.05) is 0 Å². The highest BCUT2D eigenvalue weighted by molar-refractivity contribution is 5.82. The van der Waals surface area contributed by atoms with E-state index >= 15 is 0 Å². The van der Waals surface area contributed by atoms with Crippen molar-refractivity contribution in [3.8, 4) is 0 Å². The monoisotopic (exact) mass is 201 g/mol. The van der Waals surface area contributed by atoms with Crippen LogP contribution in [0.15, 0.2) is 29.3 Å². The molecule has 1 nitrogen and oxygen atoms in total. The van der Waals surface area contributed by atoms with Crippen molar-refractivity contribution in [1.29, 1.82) is 0 Å². The quantitative estimate of drug-likeness (QED) is 0.612. The summed E-state index contributed by atoms with van der Waals surface area (Å²) in [5.74, 6) is 0. The minimum Gasteiger partial charge on any atom is -0.258 e. The van der Waals surface area contributed by atoms with Gasteiger partial charge in [0.2, 0.25) is 0 Å². The molecule has 0 amide bonds. The lowest BCUT2D eigenvalue weighted by Gasteiger charge is -2.09. The predicted molar refractivity (Wildman–Crippen MR) is 49.9 cm³/mol. The van der Waals surface area contributed by atoms with Gasteiger partial charge in [0.15, 0.2) is 0 Å². The number of benzene rings is 1. The van der Waals surface area contributed by atoms with Crippen LogP contribution in [-0.4, -0.2) is 5.71 Å². The van der Waals surface area contributed by atoms with Crippen LogP contribution in [0.1, 0.15) is 19.4 Å². The van der Waals surface area contributed by atoms with Crippen LogP contribution in [0.5, 0.6) is 0 Å². The molecule has 0 fully saturated rings. The standard InChI is InChI=1S/C10H10F3N/c1-7(2)14-9-6-4-3-5-8(9)10(11,12)13/h3-6H,1-2H3. The van der Waals surface area contributed by atoms with Crippen molar-refractivity contribution >= 4 is 11.4 Å². The molecule has 76 valence electrons. The molecule has 0 radical (unpaired) electrons. The first-order valence-electron chi connectivity index (χ1n) is 4.09. The SMILES string of the molecule is CC(C)=Nc1ccccc1C(F)(F)F. The molecule has 14 heavy (non-hydrogen) atoms. The third-order valence-corrected chi connectivity index (χ3v) is 1.55. The lowest BCUT2D eigenvalue weighted by Crippen LogP contribution is -2.05. The molecule has 0 aromatic heterocycles. The molecular weight excluding hydrogens is 191 g/mol. The second kappa shape index (κ2) is 3.82. The zero-order valence-electron chi connectivity index (χ0n) is 7.89. The molecule has 1 aromatic carbocycles. The summed E-state index contributed by atoms with van der Waals surface area (Å²) in [4.78, 5) is 3.82. The van der Waals surface area contributed by atoms with Gasteiger partial charge in [-0.05, 0) is 26.0 Å². The Morgan fingerprint density at radius 3 is 2.21 bits per heavy atom. The maximum atomic E-state index is 12.4. The predicted octanol–water partition coefficient (Wildman–Crippen LogP) is 3.82. The Labute approximate surface area is 80.3 Å². The van der Waals surface area contributed by atoms with Gasteiger partial charge in [-0.1, -0.05) is 12.1 Å². The van der Waals surface area contributed by atoms with Crippen molar-refractivity contribution in [2.45, 2.75) is 20.0 Å². The van der Waals surface area contributed by atoms with E-state index in [4.69, 9.17) is 0 Å². The first-order chi connectivity index (χ1) is 6.41. The summed E-state index contributed by atoms with van der Waals surface area (Å²) in [5.41, 5.74) is -0.122. The molecule has 4 heteroatoms. The highest BCUT2D eigenvalue weighted by Gasteiger charge is 2.32. The highest BCUT2D eigenvalue weighted by atomic mass is 19.4. The third-order valence-electron chi connectivity index (χ3n) is 1.55. The van der Waals surface area contributed by atoms with Gasteiger partial charge in [-0.25, -0.2) is 0 Å². The Bertz CT molecular complexity index is 349. The third kappa shape index (κ3) is 2.58. The lowest BCUT2D eigenvalue weighted by molar-refractivity contribution is -0.137. The van der Waals surface area contributed by atoms with Crippen LogP contribution in [0.2, 0.25) is 0 Å². The van der Waals surface area contributed by atoms with Gasteiger partial charge in [-0.3, -0.25) is 4.99 Å². The van der Waals surface area contributed by atoms with Crippen molar-refractivity contribution < 1.29 is 13.2 Å². The van der Waals surface area contributed by atoms with Crippen molar-refractivity contribution in [3.63, 3.8) is 0 Å². The van der Waals surface area contributed by atoms with Crippen molar-refractivity contribution in [2.75, 3.05) is 0 Å². The zero-order chi connectivity index (χ0) is 10.8. The summed E-state index contributed by atoms with van der Waals surface area (Å²) in [6.45, 7) is 3.32. The van der Waals surface area contributed by atoms with E-state index < -0.39 is 11.7 Å². The number of hydrogen-bond donors (Lipinski definition) is 0. The molecule has 0 saturated carbocycles. The molecule has 0 aliphatic heterocycles. The number of rotatable bonds is 1. The minimum atomic E-state index is -4.34. The minimum absolute atomic E-state index is 0.0278. The molecule has 0 aliphatic rings. The molecule has 1 rings (SSSR count). The van der Waals surface area contributed by atoms with E-state index in [1.165, 1.54) is 18.2 Å². The van der Waals surface area contributed by atoms with Crippen molar-refractivity contribution in [2.24, 2.45) is 4.99 Å². The Morgan fingerprint density at radius 2 is 1.71 bits per heavy atom. The fourth-order valence-electron chi connectivity index (χ4n) is 1.05. The normalized spacial score (nSPS) is 11.2. The molecule has 0 spiro atoms. The number of hydrogen-bond acceptors (Lipinski definition) is 1. The molecule has 1 aromatic rings. The maximum absolute atomic E-state index is 12.4. The summed E-state index contributed by atoms with van der Waals surface area (Å²) in [7, 11) is 0. The van der Waals surface area contributed by atoms with E-state index in [2.05, 4.69) is 4.99 Å². The van der Waals surface area contributed by atoms with E-state index in [1.54, 1.807) is 13.8 Å². The van der Waals surface area contributed by atoms with Crippen molar-refractivity contribution in [3.05, 3.63) is 29.8 Å². The van der Waals surface area contributed by atoms with E-state index in [0.29, 0.717) is 5.71 Å². The Hall–Kier alpha value is -1.32. The summed E-state index contributed by atoms with van der Waals surface area (Å²) in [5, 5.41) is 0. The number of para-hydroxylation sites is 1. The van der Waals surface area contributed by atoms with Crippen LogP contribution in [0.4, 0.5) is 18.9 Å². The zero-order valence-corrected chi connectivity index (χ0v) is 7.89. The van der Waals surface area contributed by atoms with Crippen LogP contribution in [0.25, 0.3) is 0 Å². The van der Waals surface area contributed by atoms with E-state index in [9.17, 15) is 13.2 Å². The van der Waals surface area contributed by atoms with Crippen LogP contribution < -0.4 is 0 Å². The number of aliphatic imine (C=N–C) groups is 1. The van der Waals surface area contributed by atoms with Gasteiger partial charge in [0.25, 0.3) is 0 Å². The molecule has 0 aliphatic carbocycles. The van der Waals surface area contributed by atoms with Gasteiger partial charge in [0.1, 0.15) is 0 Å².